The van der Waals surface area contributed by atoms with Crippen molar-refractivity contribution < 1.29 is 0 Å². The summed E-state index contributed by atoms with van der Waals surface area (Å²) in [5.74, 6) is 1.90. The van der Waals surface area contributed by atoms with E-state index < -0.39 is 0 Å². The SMILES string of the molecule is Cc1nc(N2CCn3ccnc3C2)ncc1CNC1CC1. The summed E-state index contributed by atoms with van der Waals surface area (Å²) in [7, 11) is 0. The van der Waals surface area contributed by atoms with Crippen LogP contribution in [0.3, 0.4) is 0 Å². The van der Waals surface area contributed by atoms with Gasteiger partial charge in [0, 0.05) is 55.5 Å². The standard InChI is InChI=1S/C15H20N6/c1-11-12(8-17-13-2-3-13)9-18-15(19-11)21-7-6-20-5-4-16-14(20)10-21/h4-5,9,13,17H,2-3,6-8,10H2,1H3. The van der Waals surface area contributed by atoms with Gasteiger partial charge in [-0.3, -0.25) is 0 Å². The Bertz CT molecular complexity index is 645. The summed E-state index contributed by atoms with van der Waals surface area (Å²) in [6, 6.07) is 0.713. The molecule has 110 valence electrons. The maximum atomic E-state index is 4.69. The molecule has 0 spiro atoms. The van der Waals surface area contributed by atoms with Crippen molar-refractivity contribution in [2.45, 2.75) is 45.4 Å². The maximum Gasteiger partial charge on any atom is 0.225 e. The number of nitrogens with one attached hydrogen (secondary N) is 1. The highest BCUT2D eigenvalue weighted by Gasteiger charge is 2.21. The highest BCUT2D eigenvalue weighted by molar-refractivity contribution is 5.34. The Morgan fingerprint density at radius 2 is 2.19 bits per heavy atom. The highest BCUT2D eigenvalue weighted by atomic mass is 15.3. The van der Waals surface area contributed by atoms with E-state index in [0.29, 0.717) is 6.04 Å². The maximum absolute atomic E-state index is 4.69. The van der Waals surface area contributed by atoms with E-state index in [1.807, 2.05) is 18.6 Å². The van der Waals surface area contributed by atoms with E-state index in [4.69, 9.17) is 4.98 Å². The van der Waals surface area contributed by atoms with Crippen LogP contribution in [0.25, 0.3) is 0 Å². The summed E-state index contributed by atoms with van der Waals surface area (Å²) in [6.45, 7) is 5.61. The summed E-state index contributed by atoms with van der Waals surface area (Å²) >= 11 is 0. The van der Waals surface area contributed by atoms with E-state index in [0.717, 1.165) is 43.6 Å². The van der Waals surface area contributed by atoms with Crippen molar-refractivity contribution in [1.29, 1.82) is 0 Å². The molecule has 3 heterocycles. The molecule has 1 fully saturated rings. The molecule has 0 aromatic carbocycles. The van der Waals surface area contributed by atoms with Crippen LogP contribution in [0.4, 0.5) is 5.95 Å². The number of hydrogen-bond acceptors (Lipinski definition) is 5. The first kappa shape index (κ1) is 12.8. The Hall–Kier alpha value is -1.95. The first-order valence-electron chi connectivity index (χ1n) is 7.60. The van der Waals surface area contributed by atoms with Crippen LogP contribution in [-0.2, 0) is 19.6 Å². The van der Waals surface area contributed by atoms with Gasteiger partial charge in [0.25, 0.3) is 0 Å². The third kappa shape index (κ3) is 2.63. The molecule has 0 bridgehead atoms. The Kier molecular flexibility index (Phi) is 3.11. The second kappa shape index (κ2) is 5.11. The molecule has 2 aliphatic rings. The molecule has 6 heteroatoms. The highest BCUT2D eigenvalue weighted by Crippen LogP contribution is 2.21. The summed E-state index contributed by atoms with van der Waals surface area (Å²) in [5.41, 5.74) is 2.27. The minimum absolute atomic E-state index is 0.713. The molecular formula is C15H20N6. The van der Waals surface area contributed by atoms with Gasteiger partial charge in [-0.15, -0.1) is 0 Å². The molecule has 0 atom stereocenters. The Morgan fingerprint density at radius 1 is 1.29 bits per heavy atom. The van der Waals surface area contributed by atoms with Gasteiger partial charge in [0.1, 0.15) is 5.82 Å². The fourth-order valence-electron chi connectivity index (χ4n) is 2.69. The smallest absolute Gasteiger partial charge is 0.225 e. The quantitative estimate of drug-likeness (QED) is 0.916. The van der Waals surface area contributed by atoms with Crippen molar-refractivity contribution in [2.75, 3.05) is 11.4 Å². The summed E-state index contributed by atoms with van der Waals surface area (Å²) in [5, 5.41) is 3.52. The second-order valence-electron chi connectivity index (χ2n) is 5.89. The minimum atomic E-state index is 0.713. The van der Waals surface area contributed by atoms with Gasteiger partial charge in [-0.05, 0) is 19.8 Å². The molecular weight excluding hydrogens is 264 g/mol. The zero-order valence-electron chi connectivity index (χ0n) is 12.3. The molecule has 1 aliphatic carbocycles. The molecule has 6 nitrogen and oxygen atoms in total. The first-order chi connectivity index (χ1) is 10.3. The molecule has 0 saturated heterocycles. The molecule has 1 aliphatic heterocycles. The molecule has 21 heavy (non-hydrogen) atoms. The normalized spacial score (nSPS) is 17.9. The van der Waals surface area contributed by atoms with Crippen molar-refractivity contribution in [3.8, 4) is 0 Å². The lowest BCUT2D eigenvalue weighted by Crippen LogP contribution is -2.35. The fourth-order valence-corrected chi connectivity index (χ4v) is 2.69. The molecule has 4 rings (SSSR count). The van der Waals surface area contributed by atoms with Crippen molar-refractivity contribution in [3.05, 3.63) is 35.7 Å². The van der Waals surface area contributed by atoms with Crippen molar-refractivity contribution in [3.63, 3.8) is 0 Å². The third-order valence-corrected chi connectivity index (χ3v) is 4.25. The Balaban J connectivity index is 1.49. The lowest BCUT2D eigenvalue weighted by atomic mass is 10.2. The molecule has 1 N–H and O–H groups in total. The first-order valence-corrected chi connectivity index (χ1v) is 7.60. The number of rotatable bonds is 4. The van der Waals surface area contributed by atoms with E-state index in [-0.39, 0.29) is 0 Å². The van der Waals surface area contributed by atoms with Crippen molar-refractivity contribution in [2.24, 2.45) is 0 Å². The largest absolute Gasteiger partial charge is 0.332 e. The van der Waals surface area contributed by atoms with Crippen LogP contribution in [0.2, 0.25) is 0 Å². The van der Waals surface area contributed by atoms with Gasteiger partial charge in [-0.25, -0.2) is 15.0 Å². The van der Waals surface area contributed by atoms with Crippen molar-refractivity contribution >= 4 is 5.95 Å². The fraction of sp³-hybridized carbons (Fsp3) is 0.533. The van der Waals surface area contributed by atoms with Crippen LogP contribution >= 0.6 is 0 Å². The number of imidazole rings is 1. The van der Waals surface area contributed by atoms with Crippen LogP contribution in [0.15, 0.2) is 18.6 Å². The van der Waals surface area contributed by atoms with E-state index in [9.17, 15) is 0 Å². The molecule has 0 radical (unpaired) electrons. The van der Waals surface area contributed by atoms with Gasteiger partial charge in [-0.1, -0.05) is 0 Å². The summed E-state index contributed by atoms with van der Waals surface area (Å²) < 4.78 is 2.19. The van der Waals surface area contributed by atoms with Crippen LogP contribution in [0.5, 0.6) is 0 Å². The lowest BCUT2D eigenvalue weighted by Gasteiger charge is -2.28. The number of anilines is 1. The molecule has 1 saturated carbocycles. The zero-order valence-corrected chi connectivity index (χ0v) is 12.3. The molecule has 0 amide bonds. The van der Waals surface area contributed by atoms with E-state index in [2.05, 4.69) is 31.7 Å². The van der Waals surface area contributed by atoms with Gasteiger partial charge in [0.05, 0.1) is 6.54 Å². The summed E-state index contributed by atoms with van der Waals surface area (Å²) in [6.07, 6.45) is 8.47. The second-order valence-corrected chi connectivity index (χ2v) is 5.89. The number of nitrogens with zero attached hydrogens (tertiary/aromatic N) is 5. The molecule has 0 unspecified atom stereocenters. The van der Waals surface area contributed by atoms with Gasteiger partial charge >= 0.3 is 0 Å². The number of fused-ring (bicyclic) bond motifs is 1. The predicted octanol–water partition coefficient (Wildman–Crippen LogP) is 1.25. The van der Waals surface area contributed by atoms with Crippen LogP contribution in [0, 0.1) is 6.92 Å². The monoisotopic (exact) mass is 284 g/mol. The summed E-state index contributed by atoms with van der Waals surface area (Å²) in [4.78, 5) is 15.8. The number of hydrogen-bond donors (Lipinski definition) is 1. The van der Waals surface area contributed by atoms with Gasteiger partial charge < -0.3 is 14.8 Å². The van der Waals surface area contributed by atoms with Gasteiger partial charge in [0.2, 0.25) is 5.95 Å². The molecule has 2 aromatic rings. The van der Waals surface area contributed by atoms with Crippen LogP contribution in [0.1, 0.15) is 29.9 Å². The Labute approximate surface area is 124 Å². The number of aromatic nitrogens is 4. The average Bonchev–Trinajstić information content (AvgIpc) is 3.21. The minimum Gasteiger partial charge on any atom is -0.332 e. The van der Waals surface area contributed by atoms with Crippen LogP contribution in [-0.4, -0.2) is 32.1 Å². The number of aryl methyl sites for hydroxylation is 1. The lowest BCUT2D eigenvalue weighted by molar-refractivity contribution is 0.550. The molecule has 2 aromatic heterocycles. The van der Waals surface area contributed by atoms with Crippen molar-refractivity contribution in [1.82, 2.24) is 24.8 Å². The van der Waals surface area contributed by atoms with E-state index in [1.54, 1.807) is 0 Å². The van der Waals surface area contributed by atoms with E-state index >= 15 is 0 Å². The predicted molar refractivity (Wildman–Crippen MR) is 79.9 cm³/mol. The van der Waals surface area contributed by atoms with Crippen LogP contribution < -0.4 is 10.2 Å². The van der Waals surface area contributed by atoms with Gasteiger partial charge in [0.15, 0.2) is 0 Å². The third-order valence-electron chi connectivity index (χ3n) is 4.25. The Morgan fingerprint density at radius 3 is 3.00 bits per heavy atom. The average molecular weight is 284 g/mol. The topological polar surface area (TPSA) is 58.9 Å². The van der Waals surface area contributed by atoms with E-state index in [1.165, 1.54) is 18.4 Å². The zero-order chi connectivity index (χ0) is 14.2. The van der Waals surface area contributed by atoms with Gasteiger partial charge in [-0.2, -0.15) is 0 Å².